The van der Waals surface area contributed by atoms with E-state index in [2.05, 4.69) is 9.50 Å². The van der Waals surface area contributed by atoms with Crippen molar-refractivity contribution in [1.29, 1.82) is 0 Å². The maximum Gasteiger partial charge on any atom is 0.299 e. The van der Waals surface area contributed by atoms with Gasteiger partial charge in [0.2, 0.25) is 0 Å². The average Bonchev–Trinajstić information content (AvgIpc) is 2.41. The van der Waals surface area contributed by atoms with Gasteiger partial charge >= 0.3 is 0 Å². The Morgan fingerprint density at radius 2 is 1.83 bits per heavy atom. The van der Waals surface area contributed by atoms with E-state index in [9.17, 15) is 33.4 Å². The van der Waals surface area contributed by atoms with E-state index < -0.39 is 42.8 Å². The van der Waals surface area contributed by atoms with Crippen molar-refractivity contribution < 1.29 is 27.2 Å². The number of carbonyl (C=O) groups is 1. The number of anilines is 1. The zero-order valence-corrected chi connectivity index (χ0v) is 12.5. The first kappa shape index (κ1) is 18.2. The molecule has 0 radical (unpaired) electrons. The van der Waals surface area contributed by atoms with Crippen molar-refractivity contribution in [3.63, 3.8) is 0 Å². The van der Waals surface area contributed by atoms with Gasteiger partial charge < -0.3 is 11.1 Å². The summed E-state index contributed by atoms with van der Waals surface area (Å²) in [7, 11) is -3.68. The lowest BCUT2D eigenvalue weighted by Crippen LogP contribution is -2.17. The highest BCUT2D eigenvalue weighted by atomic mass is 32.2. The largest absolute Gasteiger partial charge is 0.377 e. The second-order valence-corrected chi connectivity index (χ2v) is 5.86. The number of nitrogens with two attached hydrogens (primary N) is 1. The predicted molar refractivity (Wildman–Crippen MR) is 77.6 cm³/mol. The summed E-state index contributed by atoms with van der Waals surface area (Å²) in [5.74, 6) is -1.14. The van der Waals surface area contributed by atoms with E-state index in [1.165, 1.54) is 0 Å². The number of rotatable bonds is 8. The van der Waals surface area contributed by atoms with Crippen molar-refractivity contribution >= 4 is 33.1 Å². The molecule has 3 N–H and O–H groups in total. The first-order valence-corrected chi connectivity index (χ1v) is 7.69. The molecule has 0 saturated heterocycles. The van der Waals surface area contributed by atoms with Crippen LogP contribution in [-0.4, -0.2) is 43.6 Å². The molecule has 0 saturated carbocycles. The van der Waals surface area contributed by atoms with Crippen LogP contribution in [-0.2, 0) is 14.3 Å². The summed E-state index contributed by atoms with van der Waals surface area (Å²) in [5.41, 5.74) is 2.79. The maximum atomic E-state index is 11.2. The van der Waals surface area contributed by atoms with E-state index in [-0.39, 0.29) is 18.8 Å². The summed E-state index contributed by atoms with van der Waals surface area (Å²) in [4.78, 5) is 31.2. The minimum Gasteiger partial charge on any atom is -0.377 e. The molecule has 0 aromatic heterocycles. The highest BCUT2D eigenvalue weighted by Gasteiger charge is 2.26. The van der Waals surface area contributed by atoms with E-state index >= 15 is 0 Å². The number of nitrogens with zero attached hydrogens (tertiary/aromatic N) is 2. The number of hydrogen-bond donors (Lipinski definition) is 2. The van der Waals surface area contributed by atoms with Crippen molar-refractivity contribution in [2.24, 2.45) is 5.73 Å². The van der Waals surface area contributed by atoms with Crippen LogP contribution in [0.25, 0.3) is 0 Å². The van der Waals surface area contributed by atoms with E-state index in [0.29, 0.717) is 6.07 Å². The lowest BCUT2D eigenvalue weighted by Gasteiger charge is -2.08. The molecular weight excluding hydrogens is 336 g/mol. The fourth-order valence-corrected chi connectivity index (χ4v) is 1.98. The molecule has 0 unspecified atom stereocenters. The second kappa shape index (κ2) is 6.97. The molecule has 0 spiro atoms. The summed E-state index contributed by atoms with van der Waals surface area (Å²) in [6, 6.07) is 1.46. The van der Waals surface area contributed by atoms with Gasteiger partial charge in [-0.05, 0) is 6.07 Å². The third-order valence-corrected chi connectivity index (χ3v) is 3.08. The molecule has 1 rings (SSSR count). The third-order valence-electron chi connectivity index (χ3n) is 2.49. The quantitative estimate of drug-likeness (QED) is 0.282. The molecule has 13 heteroatoms. The topological polar surface area (TPSA) is 185 Å². The molecule has 0 aliphatic carbocycles. The molecule has 0 atom stereocenters. The van der Waals surface area contributed by atoms with Crippen molar-refractivity contribution in [1.82, 2.24) is 0 Å². The molecule has 0 aliphatic heterocycles. The molecular formula is C10H12N4O8S. The highest BCUT2D eigenvalue weighted by Crippen LogP contribution is 2.32. The molecule has 12 nitrogen and oxygen atoms in total. The monoisotopic (exact) mass is 348 g/mol. The Labute approximate surface area is 129 Å². The number of benzene rings is 1. The summed E-state index contributed by atoms with van der Waals surface area (Å²) >= 11 is 0. The molecule has 0 fully saturated rings. The molecule has 126 valence electrons. The van der Waals surface area contributed by atoms with Crippen LogP contribution in [0.15, 0.2) is 12.1 Å². The fourth-order valence-electron chi connectivity index (χ4n) is 1.60. The minimum absolute atomic E-state index is 0.163. The molecule has 1 amide bonds. The van der Waals surface area contributed by atoms with Crippen molar-refractivity contribution in [3.05, 3.63) is 37.9 Å². The molecule has 1 aromatic rings. The van der Waals surface area contributed by atoms with Gasteiger partial charge in [-0.15, -0.1) is 0 Å². The second-order valence-electron chi connectivity index (χ2n) is 4.22. The van der Waals surface area contributed by atoms with Crippen LogP contribution >= 0.6 is 0 Å². The van der Waals surface area contributed by atoms with Gasteiger partial charge in [0.25, 0.3) is 27.4 Å². The maximum absolute atomic E-state index is 11.2. The predicted octanol–water partition coefficient (Wildman–Crippen LogP) is -0.0100. The van der Waals surface area contributed by atoms with Crippen LogP contribution in [0.5, 0.6) is 0 Å². The number of nitrogens with one attached hydrogen (secondary N) is 1. The Morgan fingerprint density at radius 3 is 2.26 bits per heavy atom. The van der Waals surface area contributed by atoms with Crippen LogP contribution in [0.1, 0.15) is 10.4 Å². The highest BCUT2D eigenvalue weighted by molar-refractivity contribution is 7.85. The van der Waals surface area contributed by atoms with E-state index in [4.69, 9.17) is 5.73 Å². The summed E-state index contributed by atoms with van der Waals surface area (Å²) < 4.78 is 26.0. The fraction of sp³-hybridized carbons (Fsp3) is 0.300. The minimum atomic E-state index is -3.68. The van der Waals surface area contributed by atoms with Gasteiger partial charge in [-0.1, -0.05) is 0 Å². The number of carbonyl (C=O) groups excluding carboxylic acids is 1. The smallest absolute Gasteiger partial charge is 0.299 e. The van der Waals surface area contributed by atoms with Crippen LogP contribution in [0.3, 0.4) is 0 Å². The van der Waals surface area contributed by atoms with Crippen molar-refractivity contribution in [2.75, 3.05) is 24.7 Å². The Bertz CT molecular complexity index is 760. The van der Waals surface area contributed by atoms with Crippen LogP contribution in [0.4, 0.5) is 17.1 Å². The number of hydrogen-bond acceptors (Lipinski definition) is 9. The summed E-state index contributed by atoms with van der Waals surface area (Å²) in [6.45, 7) is -0.497. The molecule has 0 bridgehead atoms. The van der Waals surface area contributed by atoms with E-state index in [1.54, 1.807) is 0 Å². The van der Waals surface area contributed by atoms with Crippen LogP contribution in [0, 0.1) is 20.2 Å². The zero-order valence-electron chi connectivity index (χ0n) is 11.7. The summed E-state index contributed by atoms with van der Waals surface area (Å²) in [5, 5.41) is 24.3. The SMILES string of the molecule is CS(=O)(=O)OCCNc1cc(C(N)=O)c([N+](=O)[O-])cc1[N+](=O)[O-]. The molecule has 23 heavy (non-hydrogen) atoms. The number of nitro benzene ring substituents is 2. The standard InChI is InChI=1S/C10H12N4O8S/c1-23(20,21)22-3-2-12-7-4-6(10(11)15)8(13(16)17)5-9(7)14(18)19/h4-5,12H,2-3H2,1H3,(H2,11,15). The Hall–Kier alpha value is -2.80. The van der Waals surface area contributed by atoms with Crippen molar-refractivity contribution in [2.45, 2.75) is 0 Å². The Morgan fingerprint density at radius 1 is 1.26 bits per heavy atom. The average molecular weight is 348 g/mol. The lowest BCUT2D eigenvalue weighted by atomic mass is 10.1. The van der Waals surface area contributed by atoms with Gasteiger partial charge in [0.05, 0.1) is 28.8 Å². The lowest BCUT2D eigenvalue weighted by molar-refractivity contribution is -0.393. The molecule has 1 aromatic carbocycles. The first-order chi connectivity index (χ1) is 10.5. The molecule has 0 heterocycles. The number of primary amides is 1. The molecule has 0 aliphatic rings. The van der Waals surface area contributed by atoms with Gasteiger partial charge in [0.1, 0.15) is 11.3 Å². The van der Waals surface area contributed by atoms with Gasteiger partial charge in [-0.2, -0.15) is 8.42 Å². The Balaban J connectivity index is 3.14. The van der Waals surface area contributed by atoms with Crippen LogP contribution in [0.2, 0.25) is 0 Å². The number of nitro groups is 2. The van der Waals surface area contributed by atoms with Crippen LogP contribution < -0.4 is 11.1 Å². The number of amides is 1. The summed E-state index contributed by atoms with van der Waals surface area (Å²) in [6.07, 6.45) is 0.826. The van der Waals surface area contributed by atoms with E-state index in [0.717, 1.165) is 12.3 Å². The Kier molecular flexibility index (Phi) is 5.53. The van der Waals surface area contributed by atoms with E-state index in [1.807, 2.05) is 0 Å². The zero-order chi connectivity index (χ0) is 17.8. The van der Waals surface area contributed by atoms with Gasteiger partial charge in [0.15, 0.2) is 0 Å². The van der Waals surface area contributed by atoms with Crippen molar-refractivity contribution in [3.8, 4) is 0 Å². The normalized spacial score (nSPS) is 11.0. The van der Waals surface area contributed by atoms with Gasteiger partial charge in [-0.3, -0.25) is 29.2 Å². The first-order valence-electron chi connectivity index (χ1n) is 5.88. The van der Waals surface area contributed by atoms with Gasteiger partial charge in [-0.25, -0.2) is 0 Å². The third kappa shape index (κ3) is 5.15. The van der Waals surface area contributed by atoms with Gasteiger partial charge in [0, 0.05) is 6.54 Å².